The molecule has 4 heteroatoms. The molecule has 0 aromatic heterocycles. The Balaban J connectivity index is 3.21. The average molecular weight is 208 g/mol. The molecule has 1 rings (SSSR count). The van der Waals surface area contributed by atoms with Crippen molar-refractivity contribution in [3.63, 3.8) is 0 Å². The van der Waals surface area contributed by atoms with Crippen molar-refractivity contribution < 1.29 is 0 Å². The lowest BCUT2D eigenvalue weighted by Gasteiger charge is -2.04. The molecule has 0 atom stereocenters. The second-order valence-electron chi connectivity index (χ2n) is 2.18. The van der Waals surface area contributed by atoms with Crippen LogP contribution in [0.4, 0.5) is 5.69 Å². The molecule has 0 bridgehead atoms. The number of hydrogen-bond donors (Lipinski definition) is 2. The predicted octanol–water partition coefficient (Wildman–Crippen LogP) is 3.56. The summed E-state index contributed by atoms with van der Waals surface area (Å²) in [5.74, 6) is 0. The van der Waals surface area contributed by atoms with Crippen molar-refractivity contribution in [3.05, 3.63) is 27.7 Å². The van der Waals surface area contributed by atoms with E-state index >= 15 is 0 Å². The molecule has 1 N–H and O–H groups in total. The molecule has 1 nitrogen and oxygen atoms in total. The lowest BCUT2D eigenvalue weighted by atomic mass is 10.2. The van der Waals surface area contributed by atoms with Crippen LogP contribution >= 0.6 is 36.0 Å². The van der Waals surface area contributed by atoms with E-state index < -0.39 is 0 Å². The SMILES string of the molecule is Cc1c(Cl)cc(NS)cc1Cl. The van der Waals surface area contributed by atoms with Gasteiger partial charge < -0.3 is 4.72 Å². The third-order valence-corrected chi connectivity index (χ3v) is 2.45. The summed E-state index contributed by atoms with van der Waals surface area (Å²) < 4.78 is 2.66. The van der Waals surface area contributed by atoms with Crippen LogP contribution in [-0.2, 0) is 0 Å². The van der Waals surface area contributed by atoms with E-state index in [1.54, 1.807) is 12.1 Å². The van der Waals surface area contributed by atoms with Crippen molar-refractivity contribution in [3.8, 4) is 0 Å². The maximum absolute atomic E-state index is 5.84. The van der Waals surface area contributed by atoms with Gasteiger partial charge in [0.2, 0.25) is 0 Å². The Morgan fingerprint density at radius 3 is 2.09 bits per heavy atom. The van der Waals surface area contributed by atoms with Crippen molar-refractivity contribution in [2.45, 2.75) is 6.92 Å². The van der Waals surface area contributed by atoms with Crippen LogP contribution in [-0.4, -0.2) is 0 Å². The molecule has 0 saturated carbocycles. The number of anilines is 1. The topological polar surface area (TPSA) is 12.0 Å². The first kappa shape index (κ1) is 9.04. The molecule has 0 saturated heterocycles. The molecule has 0 spiro atoms. The molecule has 1 aromatic carbocycles. The van der Waals surface area contributed by atoms with Gasteiger partial charge in [-0.2, -0.15) is 0 Å². The highest BCUT2D eigenvalue weighted by molar-refractivity contribution is 7.81. The summed E-state index contributed by atoms with van der Waals surface area (Å²) in [7, 11) is 0. The van der Waals surface area contributed by atoms with Gasteiger partial charge in [0.05, 0.1) is 0 Å². The summed E-state index contributed by atoms with van der Waals surface area (Å²) in [5.41, 5.74) is 1.69. The molecular weight excluding hydrogens is 201 g/mol. The van der Waals surface area contributed by atoms with Crippen LogP contribution < -0.4 is 4.72 Å². The summed E-state index contributed by atoms with van der Waals surface area (Å²) in [4.78, 5) is 0. The Bertz CT molecular complexity index is 252. The fourth-order valence-corrected chi connectivity index (χ4v) is 1.33. The zero-order valence-electron chi connectivity index (χ0n) is 5.86. The molecule has 0 unspecified atom stereocenters. The van der Waals surface area contributed by atoms with E-state index in [2.05, 4.69) is 17.5 Å². The zero-order chi connectivity index (χ0) is 8.43. The summed E-state index contributed by atoms with van der Waals surface area (Å²) >= 11 is 15.6. The molecule has 1 aromatic rings. The fraction of sp³-hybridized carbons (Fsp3) is 0.143. The molecule has 11 heavy (non-hydrogen) atoms. The van der Waals surface area contributed by atoms with Gasteiger partial charge in [0.1, 0.15) is 0 Å². The highest BCUT2D eigenvalue weighted by Gasteiger charge is 2.01. The predicted molar refractivity (Wildman–Crippen MR) is 53.8 cm³/mol. The third-order valence-electron chi connectivity index (χ3n) is 1.41. The van der Waals surface area contributed by atoms with Gasteiger partial charge in [-0.05, 0) is 24.6 Å². The van der Waals surface area contributed by atoms with Crippen molar-refractivity contribution in [2.24, 2.45) is 0 Å². The van der Waals surface area contributed by atoms with Gasteiger partial charge in [0.25, 0.3) is 0 Å². The third kappa shape index (κ3) is 1.95. The van der Waals surface area contributed by atoms with Crippen LogP contribution in [0.1, 0.15) is 5.56 Å². The largest absolute Gasteiger partial charge is 0.332 e. The van der Waals surface area contributed by atoms with Gasteiger partial charge in [-0.3, -0.25) is 0 Å². The van der Waals surface area contributed by atoms with Gasteiger partial charge in [-0.1, -0.05) is 36.0 Å². The van der Waals surface area contributed by atoms with E-state index in [-0.39, 0.29) is 0 Å². The van der Waals surface area contributed by atoms with Crippen molar-refractivity contribution in [1.29, 1.82) is 0 Å². The Morgan fingerprint density at radius 1 is 1.27 bits per heavy atom. The van der Waals surface area contributed by atoms with E-state index in [1.807, 2.05) is 6.92 Å². The molecule has 0 heterocycles. The summed E-state index contributed by atoms with van der Waals surface area (Å²) in [6.07, 6.45) is 0. The average Bonchev–Trinajstić information content (AvgIpc) is 1.99. The van der Waals surface area contributed by atoms with Gasteiger partial charge in [-0.25, -0.2) is 0 Å². The maximum Gasteiger partial charge on any atom is 0.0470 e. The number of thiol groups is 1. The number of rotatable bonds is 1. The van der Waals surface area contributed by atoms with E-state index in [4.69, 9.17) is 23.2 Å². The Kier molecular flexibility index (Phi) is 2.93. The smallest absolute Gasteiger partial charge is 0.0470 e. The molecule has 0 amide bonds. The Labute approximate surface area is 81.2 Å². The molecule has 60 valence electrons. The lowest BCUT2D eigenvalue weighted by Crippen LogP contribution is -1.83. The van der Waals surface area contributed by atoms with Crippen LogP contribution in [0.25, 0.3) is 0 Å². The van der Waals surface area contributed by atoms with Crippen LogP contribution in [0, 0.1) is 6.92 Å². The number of benzene rings is 1. The molecule has 0 aliphatic carbocycles. The summed E-state index contributed by atoms with van der Waals surface area (Å²) in [5, 5.41) is 1.29. The highest BCUT2D eigenvalue weighted by Crippen LogP contribution is 2.28. The van der Waals surface area contributed by atoms with Crippen LogP contribution in [0.2, 0.25) is 10.0 Å². The van der Waals surface area contributed by atoms with Crippen molar-refractivity contribution in [1.82, 2.24) is 0 Å². The summed E-state index contributed by atoms with van der Waals surface area (Å²) in [6.45, 7) is 1.87. The normalized spacial score (nSPS) is 9.82. The molecule has 0 aliphatic rings. The minimum atomic E-state index is 0.647. The first-order valence-electron chi connectivity index (χ1n) is 3.01. The molecular formula is C7H7Cl2NS. The Hall–Kier alpha value is -0.0500. The minimum absolute atomic E-state index is 0.647. The van der Waals surface area contributed by atoms with Crippen LogP contribution in [0.3, 0.4) is 0 Å². The second kappa shape index (κ2) is 3.57. The van der Waals surface area contributed by atoms with E-state index in [9.17, 15) is 0 Å². The first-order chi connectivity index (χ1) is 5.15. The van der Waals surface area contributed by atoms with Crippen LogP contribution in [0.5, 0.6) is 0 Å². The van der Waals surface area contributed by atoms with E-state index in [1.165, 1.54) is 0 Å². The monoisotopic (exact) mass is 207 g/mol. The Morgan fingerprint density at radius 2 is 1.73 bits per heavy atom. The van der Waals surface area contributed by atoms with Crippen LogP contribution in [0.15, 0.2) is 12.1 Å². The molecule has 0 radical (unpaired) electrons. The zero-order valence-corrected chi connectivity index (χ0v) is 8.26. The lowest BCUT2D eigenvalue weighted by molar-refractivity contribution is 1.47. The van der Waals surface area contributed by atoms with Gasteiger partial charge in [-0.15, -0.1) is 0 Å². The van der Waals surface area contributed by atoms with Crippen molar-refractivity contribution >= 4 is 41.7 Å². The first-order valence-corrected chi connectivity index (χ1v) is 4.21. The molecule has 0 fully saturated rings. The quantitative estimate of drug-likeness (QED) is 0.672. The summed E-state index contributed by atoms with van der Waals surface area (Å²) in [6, 6.07) is 3.55. The van der Waals surface area contributed by atoms with E-state index in [0.29, 0.717) is 10.0 Å². The number of halogens is 2. The van der Waals surface area contributed by atoms with Gasteiger partial charge in [0.15, 0.2) is 0 Å². The standard InChI is InChI=1S/C7H7Cl2NS/c1-4-6(8)2-5(10-11)3-7(4)9/h2-3,10-11H,1H3. The fourth-order valence-electron chi connectivity index (χ4n) is 0.710. The highest BCUT2D eigenvalue weighted by atomic mass is 35.5. The number of nitrogens with one attached hydrogen (secondary N) is 1. The van der Waals surface area contributed by atoms with Gasteiger partial charge >= 0.3 is 0 Å². The second-order valence-corrected chi connectivity index (χ2v) is 3.21. The minimum Gasteiger partial charge on any atom is -0.332 e. The van der Waals surface area contributed by atoms with E-state index in [0.717, 1.165) is 11.3 Å². The number of hydrogen-bond acceptors (Lipinski definition) is 2. The molecule has 0 aliphatic heterocycles. The van der Waals surface area contributed by atoms with Gasteiger partial charge in [0, 0.05) is 15.7 Å². The maximum atomic E-state index is 5.84. The van der Waals surface area contributed by atoms with Crippen molar-refractivity contribution in [2.75, 3.05) is 4.72 Å².